The molecule has 1 fully saturated rings. The van der Waals surface area contributed by atoms with Crippen LogP contribution in [0.5, 0.6) is 0 Å². The molecule has 10 heteroatoms. The van der Waals surface area contributed by atoms with Crippen LogP contribution in [0.1, 0.15) is 39.4 Å². The standard InChI is InChI=1S/C31H25BrN6O3/c1-19(38-30(40)25-12-11-22(32)14-26(25)31(38)41)29(39)35-17-24(18-35)37-16-23(33-34-37)15-36-27-10-6-5-9-21(27)13-28(36)20-7-3-2-4-8-20/h2-14,16,19,24H,15,17-18H2,1H3. The second-order valence-electron chi connectivity index (χ2n) is 10.5. The Labute approximate surface area is 244 Å². The predicted octanol–water partition coefficient (Wildman–Crippen LogP) is 4.78. The molecule has 0 saturated carbocycles. The number of rotatable bonds is 6. The molecule has 1 saturated heterocycles. The van der Waals surface area contributed by atoms with Crippen LogP contribution >= 0.6 is 15.9 Å². The number of carbonyl (C=O) groups is 3. The second kappa shape index (κ2) is 9.81. The van der Waals surface area contributed by atoms with Crippen molar-refractivity contribution in [2.24, 2.45) is 0 Å². The van der Waals surface area contributed by atoms with Gasteiger partial charge in [-0.1, -0.05) is 69.7 Å². The van der Waals surface area contributed by atoms with Gasteiger partial charge in [0.2, 0.25) is 5.91 Å². The third-order valence-electron chi connectivity index (χ3n) is 7.93. The minimum Gasteiger partial charge on any atom is -0.336 e. The van der Waals surface area contributed by atoms with Crippen LogP contribution < -0.4 is 0 Å². The summed E-state index contributed by atoms with van der Waals surface area (Å²) in [6.45, 7) is 3.02. The Morgan fingerprint density at radius 2 is 1.68 bits per heavy atom. The number of halogens is 1. The maximum atomic E-state index is 13.2. The molecule has 0 N–H and O–H groups in total. The van der Waals surface area contributed by atoms with Gasteiger partial charge in [0, 0.05) is 34.2 Å². The van der Waals surface area contributed by atoms with E-state index in [-0.39, 0.29) is 11.9 Å². The highest BCUT2D eigenvalue weighted by Gasteiger charge is 2.44. The van der Waals surface area contributed by atoms with E-state index in [0.717, 1.165) is 32.8 Å². The number of hydrogen-bond donors (Lipinski definition) is 0. The molecule has 2 aliphatic heterocycles. The molecule has 0 aliphatic carbocycles. The number of para-hydroxylation sites is 1. The summed E-state index contributed by atoms with van der Waals surface area (Å²) in [5.74, 6) is -1.15. The van der Waals surface area contributed by atoms with E-state index >= 15 is 0 Å². The molecule has 0 bridgehead atoms. The van der Waals surface area contributed by atoms with Gasteiger partial charge in [-0.2, -0.15) is 0 Å². The molecule has 5 aromatic rings. The lowest BCUT2D eigenvalue weighted by atomic mass is 10.1. The first-order valence-electron chi connectivity index (χ1n) is 13.4. The van der Waals surface area contributed by atoms with Crippen molar-refractivity contribution in [1.29, 1.82) is 0 Å². The fourth-order valence-corrected chi connectivity index (χ4v) is 6.08. The van der Waals surface area contributed by atoms with Crippen LogP contribution in [0, 0.1) is 0 Å². The van der Waals surface area contributed by atoms with E-state index in [4.69, 9.17) is 0 Å². The number of fused-ring (bicyclic) bond motifs is 2. The summed E-state index contributed by atoms with van der Waals surface area (Å²) in [6, 6.07) is 24.8. The smallest absolute Gasteiger partial charge is 0.262 e. The largest absolute Gasteiger partial charge is 0.336 e. The summed E-state index contributed by atoms with van der Waals surface area (Å²) in [4.78, 5) is 41.8. The summed E-state index contributed by atoms with van der Waals surface area (Å²) in [5, 5.41) is 9.97. The molecule has 3 aromatic carbocycles. The first kappa shape index (κ1) is 25.4. The number of nitrogens with zero attached hydrogens (tertiary/aromatic N) is 6. The molecule has 3 amide bonds. The lowest BCUT2D eigenvalue weighted by Crippen LogP contribution is -2.57. The SMILES string of the molecule is CC(C(=O)N1CC(n2cc(Cn3c(-c4ccccc4)cc4ccccc43)nn2)C1)N1C(=O)c2ccc(Br)cc2C1=O. The van der Waals surface area contributed by atoms with Gasteiger partial charge in [0.15, 0.2) is 0 Å². The molecule has 4 heterocycles. The van der Waals surface area contributed by atoms with Crippen LogP contribution in [-0.4, -0.2) is 66.2 Å². The molecule has 204 valence electrons. The Hall–Kier alpha value is -4.57. The highest BCUT2D eigenvalue weighted by molar-refractivity contribution is 9.10. The van der Waals surface area contributed by atoms with E-state index in [1.54, 1.807) is 34.7 Å². The molecule has 9 nitrogen and oxygen atoms in total. The molecule has 2 aromatic heterocycles. The molecular formula is C31H25BrN6O3. The zero-order valence-electron chi connectivity index (χ0n) is 22.1. The monoisotopic (exact) mass is 608 g/mol. The Balaban J connectivity index is 1.05. The van der Waals surface area contributed by atoms with Gasteiger partial charge in [0.25, 0.3) is 11.8 Å². The fourth-order valence-electron chi connectivity index (χ4n) is 5.72. The third-order valence-corrected chi connectivity index (χ3v) is 8.42. The Bertz CT molecular complexity index is 1840. The molecular weight excluding hydrogens is 584 g/mol. The van der Waals surface area contributed by atoms with Crippen molar-refractivity contribution in [1.82, 2.24) is 29.4 Å². The average molecular weight is 609 g/mol. The van der Waals surface area contributed by atoms with Crippen molar-refractivity contribution >= 4 is 44.6 Å². The summed E-state index contributed by atoms with van der Waals surface area (Å²) >= 11 is 3.34. The zero-order chi connectivity index (χ0) is 28.2. The van der Waals surface area contributed by atoms with Crippen LogP contribution in [-0.2, 0) is 11.3 Å². The topological polar surface area (TPSA) is 93.3 Å². The van der Waals surface area contributed by atoms with E-state index in [0.29, 0.717) is 35.2 Å². The highest BCUT2D eigenvalue weighted by Crippen LogP contribution is 2.31. The van der Waals surface area contributed by atoms with E-state index in [2.05, 4.69) is 61.1 Å². The second-order valence-corrected chi connectivity index (χ2v) is 11.4. The van der Waals surface area contributed by atoms with E-state index in [1.165, 1.54) is 0 Å². The lowest BCUT2D eigenvalue weighted by Gasteiger charge is -2.41. The summed E-state index contributed by atoms with van der Waals surface area (Å²) in [6.07, 6.45) is 1.93. The van der Waals surface area contributed by atoms with Crippen molar-refractivity contribution in [3.63, 3.8) is 0 Å². The quantitative estimate of drug-likeness (QED) is 0.259. The molecule has 2 aliphatic rings. The Morgan fingerprint density at radius 3 is 2.49 bits per heavy atom. The minimum atomic E-state index is -0.896. The first-order valence-corrected chi connectivity index (χ1v) is 14.2. The Kier molecular flexibility index (Phi) is 6.08. The highest BCUT2D eigenvalue weighted by atomic mass is 79.9. The average Bonchev–Trinajstić information content (AvgIpc) is 3.63. The van der Waals surface area contributed by atoms with Gasteiger partial charge in [-0.05, 0) is 42.8 Å². The number of amides is 3. The van der Waals surface area contributed by atoms with Gasteiger partial charge in [-0.15, -0.1) is 5.10 Å². The van der Waals surface area contributed by atoms with Crippen LogP contribution in [0.15, 0.2) is 89.5 Å². The molecule has 0 spiro atoms. The van der Waals surface area contributed by atoms with Gasteiger partial charge in [0.05, 0.1) is 29.9 Å². The maximum absolute atomic E-state index is 13.2. The van der Waals surface area contributed by atoms with E-state index in [9.17, 15) is 14.4 Å². The molecule has 7 rings (SSSR count). The third kappa shape index (κ3) is 4.26. The van der Waals surface area contributed by atoms with Crippen molar-refractivity contribution < 1.29 is 14.4 Å². The van der Waals surface area contributed by atoms with Gasteiger partial charge < -0.3 is 9.47 Å². The maximum Gasteiger partial charge on any atom is 0.262 e. The van der Waals surface area contributed by atoms with Crippen LogP contribution in [0.4, 0.5) is 0 Å². The van der Waals surface area contributed by atoms with Crippen LogP contribution in [0.3, 0.4) is 0 Å². The molecule has 0 radical (unpaired) electrons. The Morgan fingerprint density at radius 1 is 0.951 bits per heavy atom. The van der Waals surface area contributed by atoms with Crippen molar-refractivity contribution in [3.8, 4) is 11.3 Å². The minimum absolute atomic E-state index is 0.0273. The van der Waals surface area contributed by atoms with Crippen molar-refractivity contribution in [3.05, 3.63) is 106 Å². The van der Waals surface area contributed by atoms with Gasteiger partial charge in [0.1, 0.15) is 11.7 Å². The van der Waals surface area contributed by atoms with Gasteiger partial charge in [-0.25, -0.2) is 4.68 Å². The first-order chi connectivity index (χ1) is 19.9. The zero-order valence-corrected chi connectivity index (χ0v) is 23.7. The number of likely N-dealkylation sites (tertiary alicyclic amines) is 1. The molecule has 1 atom stereocenters. The number of benzene rings is 3. The van der Waals surface area contributed by atoms with Crippen LogP contribution in [0.2, 0.25) is 0 Å². The summed E-state index contributed by atoms with van der Waals surface area (Å²) < 4.78 is 4.76. The van der Waals surface area contributed by atoms with Gasteiger partial charge >= 0.3 is 0 Å². The number of carbonyl (C=O) groups excluding carboxylic acids is 3. The predicted molar refractivity (Wildman–Crippen MR) is 156 cm³/mol. The fraction of sp³-hybridized carbons (Fsp3) is 0.194. The van der Waals surface area contributed by atoms with E-state index < -0.39 is 17.9 Å². The van der Waals surface area contributed by atoms with Gasteiger partial charge in [-0.3, -0.25) is 19.3 Å². The molecule has 41 heavy (non-hydrogen) atoms. The van der Waals surface area contributed by atoms with Crippen LogP contribution in [0.25, 0.3) is 22.2 Å². The summed E-state index contributed by atoms with van der Waals surface area (Å²) in [5.41, 5.74) is 4.81. The lowest BCUT2D eigenvalue weighted by molar-refractivity contribution is -0.141. The number of aromatic nitrogens is 4. The van der Waals surface area contributed by atoms with Crippen molar-refractivity contribution in [2.45, 2.75) is 25.6 Å². The number of hydrogen-bond acceptors (Lipinski definition) is 5. The van der Waals surface area contributed by atoms with E-state index in [1.807, 2.05) is 36.5 Å². The summed E-state index contributed by atoms with van der Waals surface area (Å²) in [7, 11) is 0. The van der Waals surface area contributed by atoms with Crippen molar-refractivity contribution in [2.75, 3.05) is 13.1 Å². The normalized spacial score (nSPS) is 15.9. The number of imide groups is 1. The molecule has 1 unspecified atom stereocenters.